The van der Waals surface area contributed by atoms with Crippen LogP contribution in [-0.4, -0.2) is 49.7 Å². The van der Waals surface area contributed by atoms with E-state index in [-0.39, 0.29) is 5.43 Å². The van der Waals surface area contributed by atoms with Gasteiger partial charge in [0.15, 0.2) is 5.43 Å². The molecular formula is C35H31BN2O6. The van der Waals surface area contributed by atoms with Gasteiger partial charge in [-0.2, -0.15) is 0 Å². The molecule has 0 saturated carbocycles. The highest BCUT2D eigenvalue weighted by molar-refractivity contribution is 6.59. The fourth-order valence-corrected chi connectivity index (χ4v) is 5.82. The molecule has 1 aliphatic heterocycles. The molecule has 8 nitrogen and oxygen atoms in total. The maximum atomic E-state index is 13.5. The van der Waals surface area contributed by atoms with Gasteiger partial charge in [-0.1, -0.05) is 48.5 Å². The van der Waals surface area contributed by atoms with Crippen molar-refractivity contribution in [2.24, 2.45) is 0 Å². The molecule has 0 amide bonds. The molecule has 0 aromatic heterocycles. The van der Waals surface area contributed by atoms with E-state index in [1.165, 1.54) is 6.07 Å². The van der Waals surface area contributed by atoms with Gasteiger partial charge in [-0.3, -0.25) is 14.5 Å². The minimum absolute atomic E-state index is 0.179. The van der Waals surface area contributed by atoms with Crippen LogP contribution in [0.15, 0.2) is 100 Å². The van der Waals surface area contributed by atoms with E-state index < -0.39 is 7.12 Å². The van der Waals surface area contributed by atoms with Crippen LogP contribution in [0.1, 0.15) is 11.1 Å². The number of fused-ring (bicyclic) bond motifs is 4. The fraction of sp³-hybridized carbons (Fsp3) is 0.143. The second-order valence-corrected chi connectivity index (χ2v) is 11.1. The Hall–Kier alpha value is -4.96. The minimum atomic E-state index is -1.59. The zero-order valence-corrected chi connectivity index (χ0v) is 24.7. The van der Waals surface area contributed by atoms with Gasteiger partial charge in [0.25, 0.3) is 6.47 Å². The van der Waals surface area contributed by atoms with E-state index in [4.69, 9.17) is 9.15 Å². The smallest absolute Gasteiger partial charge is 0.455 e. The summed E-state index contributed by atoms with van der Waals surface area (Å²) in [5, 5.41) is 22.3. The molecule has 0 unspecified atom stereocenters. The van der Waals surface area contributed by atoms with Crippen LogP contribution in [0, 0.1) is 0 Å². The number of hydrogen-bond acceptors (Lipinski definition) is 8. The Labute approximate surface area is 254 Å². The lowest BCUT2D eigenvalue weighted by Gasteiger charge is -2.21. The van der Waals surface area contributed by atoms with E-state index in [2.05, 4.69) is 6.07 Å². The molecule has 4 aromatic rings. The predicted molar refractivity (Wildman–Crippen MR) is 175 cm³/mol. The van der Waals surface area contributed by atoms with E-state index in [0.29, 0.717) is 58.8 Å². The van der Waals surface area contributed by atoms with Crippen molar-refractivity contribution < 1.29 is 24.0 Å². The Bertz CT molecular complexity index is 2040. The van der Waals surface area contributed by atoms with Gasteiger partial charge in [0.1, 0.15) is 17.1 Å². The topological polar surface area (TPSA) is 103 Å². The summed E-state index contributed by atoms with van der Waals surface area (Å²) in [5.74, 6) is 0.811. The van der Waals surface area contributed by atoms with Crippen LogP contribution in [-0.2, 0) is 17.9 Å². The van der Waals surface area contributed by atoms with Crippen molar-refractivity contribution in [3.63, 3.8) is 0 Å². The Morgan fingerprint density at radius 2 is 1.55 bits per heavy atom. The van der Waals surface area contributed by atoms with Crippen molar-refractivity contribution in [3.8, 4) is 28.2 Å². The number of rotatable bonds is 9. The molecule has 0 radical (unpaired) electrons. The molecule has 2 aliphatic rings. The molecule has 0 fully saturated rings. The van der Waals surface area contributed by atoms with E-state index in [9.17, 15) is 19.6 Å². The van der Waals surface area contributed by atoms with Gasteiger partial charge in [0.05, 0.1) is 0 Å². The van der Waals surface area contributed by atoms with Crippen LogP contribution < -0.4 is 20.5 Å². The summed E-state index contributed by atoms with van der Waals surface area (Å²) in [6.07, 6.45) is 0. The lowest BCUT2D eigenvalue weighted by atomic mass is 9.77. The third-order valence-corrected chi connectivity index (χ3v) is 7.93. The molecule has 220 valence electrons. The van der Waals surface area contributed by atoms with Gasteiger partial charge in [-0.15, -0.1) is 0 Å². The number of hydrogen-bond donors (Lipinski definition) is 2. The molecule has 2 N–H and O–H groups in total. The van der Waals surface area contributed by atoms with E-state index in [0.717, 1.165) is 33.0 Å². The van der Waals surface area contributed by atoms with E-state index in [1.54, 1.807) is 24.3 Å². The predicted octanol–water partition coefficient (Wildman–Crippen LogP) is 4.63. The van der Waals surface area contributed by atoms with Gasteiger partial charge in [0.2, 0.25) is 0 Å². The number of para-hydroxylation sites is 1. The molecule has 0 bridgehead atoms. The quantitative estimate of drug-likeness (QED) is 0.109. The molecule has 0 spiro atoms. The second-order valence-electron chi connectivity index (χ2n) is 11.1. The second kappa shape index (κ2) is 12.0. The summed E-state index contributed by atoms with van der Waals surface area (Å²) in [5.41, 5.74) is 5.40. The largest absolute Gasteiger partial charge is 0.488 e. The molecule has 9 heteroatoms. The first-order valence-electron chi connectivity index (χ1n) is 14.2. The molecular weight excluding hydrogens is 555 g/mol. The van der Waals surface area contributed by atoms with Gasteiger partial charge >= 0.3 is 7.12 Å². The number of anilines is 1. The van der Waals surface area contributed by atoms with Crippen LogP contribution in [0.2, 0.25) is 0 Å². The zero-order valence-electron chi connectivity index (χ0n) is 24.7. The number of carbonyl (C=O) groups is 1. The average Bonchev–Trinajstić information content (AvgIpc) is 3.01. The first kappa shape index (κ1) is 29.1. The fourth-order valence-electron chi connectivity index (χ4n) is 5.82. The molecule has 6 rings (SSSR count). The third kappa shape index (κ3) is 5.44. The summed E-state index contributed by atoms with van der Waals surface area (Å²) in [6.45, 7) is 1.11. The summed E-state index contributed by atoms with van der Waals surface area (Å²) in [4.78, 5) is 28.9. The van der Waals surface area contributed by atoms with Crippen LogP contribution in [0.3, 0.4) is 0 Å². The molecule has 1 heterocycles. The van der Waals surface area contributed by atoms with Crippen LogP contribution in [0.25, 0.3) is 44.2 Å². The number of benzene rings is 5. The van der Waals surface area contributed by atoms with Crippen LogP contribution in [0.4, 0.5) is 5.69 Å². The normalized spacial score (nSPS) is 11.4. The van der Waals surface area contributed by atoms with Crippen LogP contribution in [0.5, 0.6) is 5.75 Å². The Balaban J connectivity index is 1.55. The minimum Gasteiger partial charge on any atom is -0.455 e. The monoisotopic (exact) mass is 586 g/mol. The maximum Gasteiger partial charge on any atom is 0.488 e. The first-order valence-corrected chi connectivity index (χ1v) is 14.2. The van der Waals surface area contributed by atoms with Gasteiger partial charge < -0.3 is 24.1 Å². The van der Waals surface area contributed by atoms with Crippen LogP contribution >= 0.6 is 0 Å². The van der Waals surface area contributed by atoms with Crippen molar-refractivity contribution in [1.29, 1.82) is 0 Å². The van der Waals surface area contributed by atoms with Crippen molar-refractivity contribution in [3.05, 3.63) is 112 Å². The van der Waals surface area contributed by atoms with Crippen molar-refractivity contribution in [2.75, 3.05) is 26.0 Å². The molecule has 44 heavy (non-hydrogen) atoms. The summed E-state index contributed by atoms with van der Waals surface area (Å²) in [6, 6.07) is 27.9. The average molecular weight is 586 g/mol. The Morgan fingerprint density at radius 3 is 2.32 bits per heavy atom. The summed E-state index contributed by atoms with van der Waals surface area (Å²) < 4.78 is 11.9. The lowest BCUT2D eigenvalue weighted by Crippen LogP contribution is -2.35. The number of ether oxygens (including phenoxy) is 1. The number of carbonyl (C=O) groups excluding carboxylic acids is 1. The van der Waals surface area contributed by atoms with Crippen molar-refractivity contribution >= 4 is 46.5 Å². The highest BCUT2D eigenvalue weighted by atomic mass is 16.5. The van der Waals surface area contributed by atoms with Crippen molar-refractivity contribution in [1.82, 2.24) is 4.90 Å². The maximum absolute atomic E-state index is 13.5. The standard InChI is InChI=1S/C35H31BN2O6/c1-37(2)25-13-15-26-22(16-25)12-14-28-34(27-9-5-7-11-32(27)43-21-39)29-17-24(31(40)18-33(29)44-35(26)28)20-38(3)19-23-8-4-6-10-30(23)36(41)42/h4-18,21,41-42H,19-20H2,1-3H3. The molecule has 1 aliphatic carbocycles. The lowest BCUT2D eigenvalue weighted by molar-refractivity contribution is -0.120. The van der Waals surface area contributed by atoms with E-state index >= 15 is 0 Å². The third-order valence-electron chi connectivity index (χ3n) is 7.93. The van der Waals surface area contributed by atoms with Gasteiger partial charge in [0, 0.05) is 72.0 Å². The molecule has 4 aromatic carbocycles. The Kier molecular flexibility index (Phi) is 7.92. The molecule has 0 saturated heterocycles. The summed E-state index contributed by atoms with van der Waals surface area (Å²) in [7, 11) is 4.26. The highest BCUT2D eigenvalue weighted by Crippen LogP contribution is 2.45. The first-order chi connectivity index (χ1) is 21.2. The zero-order chi connectivity index (χ0) is 31.0. The van der Waals surface area contributed by atoms with Gasteiger partial charge in [-0.25, -0.2) is 0 Å². The van der Waals surface area contributed by atoms with E-state index in [1.807, 2.05) is 85.5 Å². The highest BCUT2D eigenvalue weighted by Gasteiger charge is 2.23. The number of nitrogens with zero attached hydrogens (tertiary/aromatic N) is 2. The van der Waals surface area contributed by atoms with Gasteiger partial charge in [-0.05, 0) is 59.9 Å². The van der Waals surface area contributed by atoms with Crippen molar-refractivity contribution in [2.45, 2.75) is 13.1 Å². The SMILES string of the molecule is CN(Cc1ccccc1B(O)O)Cc1cc2c(-c3ccccc3OC=O)c3ccc4cc(N(C)C)ccc4c3oc-2cc1=O. The molecule has 0 atom stereocenters. The summed E-state index contributed by atoms with van der Waals surface area (Å²) >= 11 is 0. The Morgan fingerprint density at radius 1 is 0.818 bits per heavy atom.